The molecular formula is C16H31N3O. The Morgan fingerprint density at radius 3 is 2.40 bits per heavy atom. The lowest BCUT2D eigenvalue weighted by Crippen LogP contribution is -2.49. The van der Waals surface area contributed by atoms with E-state index >= 15 is 0 Å². The second-order valence-corrected chi connectivity index (χ2v) is 6.78. The zero-order chi connectivity index (χ0) is 14.4. The summed E-state index contributed by atoms with van der Waals surface area (Å²) in [4.78, 5) is 16.3. The molecule has 4 nitrogen and oxygen atoms in total. The number of likely N-dealkylation sites (N-methyl/N-ethyl adjacent to an activating group) is 1. The van der Waals surface area contributed by atoms with E-state index in [4.69, 9.17) is 0 Å². The molecule has 2 fully saturated rings. The number of carbonyl (C=O) groups is 1. The molecule has 1 heterocycles. The number of hydrogen-bond acceptors (Lipinski definition) is 3. The average Bonchev–Trinajstić information content (AvgIpc) is 2.46. The minimum absolute atomic E-state index is 0.273. The Morgan fingerprint density at radius 2 is 1.75 bits per heavy atom. The lowest BCUT2D eigenvalue weighted by molar-refractivity contribution is -0.131. The fourth-order valence-electron chi connectivity index (χ4n) is 3.29. The van der Waals surface area contributed by atoms with Gasteiger partial charge in [0.1, 0.15) is 0 Å². The Hall–Kier alpha value is -0.610. The highest BCUT2D eigenvalue weighted by molar-refractivity contribution is 5.78. The van der Waals surface area contributed by atoms with Crippen molar-refractivity contribution in [3.05, 3.63) is 0 Å². The molecule has 116 valence electrons. The molecule has 20 heavy (non-hydrogen) atoms. The number of nitrogens with one attached hydrogen (secondary N) is 1. The van der Waals surface area contributed by atoms with Crippen LogP contribution in [-0.2, 0) is 4.79 Å². The van der Waals surface area contributed by atoms with E-state index in [0.717, 1.165) is 44.6 Å². The molecule has 4 heteroatoms. The number of hydrogen-bond donors (Lipinski definition) is 1. The van der Waals surface area contributed by atoms with E-state index in [1.165, 1.54) is 32.1 Å². The molecule has 0 aromatic heterocycles. The summed E-state index contributed by atoms with van der Waals surface area (Å²) >= 11 is 0. The van der Waals surface area contributed by atoms with Crippen LogP contribution in [0.2, 0.25) is 0 Å². The molecule has 0 aromatic carbocycles. The Balaban J connectivity index is 1.53. The van der Waals surface area contributed by atoms with Crippen molar-refractivity contribution in [2.45, 2.75) is 39.0 Å². The maximum atomic E-state index is 12.0. The van der Waals surface area contributed by atoms with Crippen LogP contribution in [0.4, 0.5) is 0 Å². The van der Waals surface area contributed by atoms with E-state index in [0.29, 0.717) is 6.54 Å². The molecule has 1 amide bonds. The molecule has 0 bridgehead atoms. The smallest absolute Gasteiger partial charge is 0.236 e. The summed E-state index contributed by atoms with van der Waals surface area (Å²) in [7, 11) is 2.12. The minimum Gasteiger partial charge on any atom is -0.339 e. The predicted molar refractivity (Wildman–Crippen MR) is 82.7 cm³/mol. The first-order valence-electron chi connectivity index (χ1n) is 8.32. The van der Waals surface area contributed by atoms with Gasteiger partial charge < -0.3 is 15.1 Å². The van der Waals surface area contributed by atoms with Crippen molar-refractivity contribution in [3.63, 3.8) is 0 Å². The molecule has 1 N–H and O–H groups in total. The zero-order valence-corrected chi connectivity index (χ0v) is 13.2. The van der Waals surface area contributed by atoms with Gasteiger partial charge >= 0.3 is 0 Å². The summed E-state index contributed by atoms with van der Waals surface area (Å²) in [5, 5.41) is 3.35. The van der Waals surface area contributed by atoms with E-state index in [2.05, 4.69) is 24.2 Å². The van der Waals surface area contributed by atoms with Crippen LogP contribution in [0, 0.1) is 11.8 Å². The van der Waals surface area contributed by atoms with Gasteiger partial charge in [-0.25, -0.2) is 0 Å². The van der Waals surface area contributed by atoms with E-state index in [1.54, 1.807) is 0 Å². The van der Waals surface area contributed by atoms with Crippen LogP contribution in [0.15, 0.2) is 0 Å². The average molecular weight is 281 g/mol. The van der Waals surface area contributed by atoms with Gasteiger partial charge in [-0.2, -0.15) is 0 Å². The van der Waals surface area contributed by atoms with Crippen molar-refractivity contribution < 1.29 is 4.79 Å². The third-order valence-corrected chi connectivity index (χ3v) is 5.00. The van der Waals surface area contributed by atoms with E-state index in [9.17, 15) is 4.79 Å². The number of carbonyl (C=O) groups excluding carboxylic acids is 1. The Morgan fingerprint density at radius 1 is 1.10 bits per heavy atom. The normalized spacial score (nSPS) is 28.6. The quantitative estimate of drug-likeness (QED) is 0.777. The van der Waals surface area contributed by atoms with Crippen molar-refractivity contribution in [1.82, 2.24) is 15.1 Å². The third kappa shape index (κ3) is 5.06. The molecule has 2 rings (SSSR count). The van der Waals surface area contributed by atoms with Crippen LogP contribution in [0.1, 0.15) is 39.0 Å². The molecule has 0 radical (unpaired) electrons. The van der Waals surface area contributed by atoms with Gasteiger partial charge in [-0.05, 0) is 31.8 Å². The summed E-state index contributed by atoms with van der Waals surface area (Å²) in [6, 6.07) is 0. The first kappa shape index (κ1) is 15.8. The zero-order valence-electron chi connectivity index (χ0n) is 13.2. The first-order chi connectivity index (χ1) is 9.65. The summed E-state index contributed by atoms with van der Waals surface area (Å²) < 4.78 is 0. The van der Waals surface area contributed by atoms with Gasteiger partial charge in [0, 0.05) is 26.2 Å². The lowest BCUT2D eigenvalue weighted by atomic mass is 9.81. The molecule has 1 aliphatic heterocycles. The maximum Gasteiger partial charge on any atom is 0.236 e. The van der Waals surface area contributed by atoms with Crippen molar-refractivity contribution >= 4 is 5.91 Å². The number of nitrogens with zero attached hydrogens (tertiary/aromatic N) is 2. The van der Waals surface area contributed by atoms with Crippen LogP contribution in [-0.4, -0.2) is 62.0 Å². The van der Waals surface area contributed by atoms with Gasteiger partial charge in [0.05, 0.1) is 6.54 Å². The summed E-state index contributed by atoms with van der Waals surface area (Å²) in [5.41, 5.74) is 0. The van der Waals surface area contributed by atoms with Crippen LogP contribution in [0.5, 0.6) is 0 Å². The monoisotopic (exact) mass is 281 g/mol. The first-order valence-corrected chi connectivity index (χ1v) is 8.32. The van der Waals surface area contributed by atoms with Gasteiger partial charge in [-0.3, -0.25) is 4.79 Å². The second-order valence-electron chi connectivity index (χ2n) is 6.78. The number of rotatable bonds is 5. The molecule has 2 aliphatic rings. The van der Waals surface area contributed by atoms with Crippen molar-refractivity contribution in [1.29, 1.82) is 0 Å². The van der Waals surface area contributed by atoms with Gasteiger partial charge in [0.2, 0.25) is 5.91 Å². The second kappa shape index (κ2) is 7.99. The summed E-state index contributed by atoms with van der Waals surface area (Å²) in [6.07, 6.45) is 6.79. The Bertz CT molecular complexity index is 292. The van der Waals surface area contributed by atoms with Gasteiger partial charge in [-0.1, -0.05) is 32.6 Å². The molecule has 0 unspecified atom stereocenters. The number of amides is 1. The van der Waals surface area contributed by atoms with Gasteiger partial charge in [-0.15, -0.1) is 0 Å². The van der Waals surface area contributed by atoms with E-state index < -0.39 is 0 Å². The van der Waals surface area contributed by atoms with Crippen LogP contribution in [0.25, 0.3) is 0 Å². The fourth-order valence-corrected chi connectivity index (χ4v) is 3.29. The van der Waals surface area contributed by atoms with Crippen molar-refractivity contribution in [2.75, 3.05) is 46.3 Å². The largest absolute Gasteiger partial charge is 0.339 e. The molecule has 1 saturated carbocycles. The van der Waals surface area contributed by atoms with Crippen LogP contribution >= 0.6 is 0 Å². The lowest BCUT2D eigenvalue weighted by Gasteiger charge is -2.32. The van der Waals surface area contributed by atoms with Crippen molar-refractivity contribution in [2.24, 2.45) is 11.8 Å². The molecule has 0 atom stereocenters. The highest BCUT2D eigenvalue weighted by Gasteiger charge is 2.19. The molecule has 1 saturated heterocycles. The standard InChI is InChI=1S/C16H31N3O/c1-14-3-5-15(6-4-14)7-8-17-13-16(20)19-11-9-18(2)10-12-19/h14-15,17H,3-13H2,1-2H3. The van der Waals surface area contributed by atoms with Gasteiger partial charge in [0.25, 0.3) is 0 Å². The third-order valence-electron chi connectivity index (χ3n) is 5.00. The minimum atomic E-state index is 0.273. The number of piperazine rings is 1. The van der Waals surface area contributed by atoms with E-state index in [-0.39, 0.29) is 5.91 Å². The molecule has 0 spiro atoms. The van der Waals surface area contributed by atoms with Crippen molar-refractivity contribution in [3.8, 4) is 0 Å². The highest BCUT2D eigenvalue weighted by atomic mass is 16.2. The Kier molecular flexibility index (Phi) is 6.30. The van der Waals surface area contributed by atoms with Crippen LogP contribution < -0.4 is 5.32 Å². The highest BCUT2D eigenvalue weighted by Crippen LogP contribution is 2.29. The Labute approximate surface area is 123 Å². The maximum absolute atomic E-state index is 12.0. The predicted octanol–water partition coefficient (Wildman–Crippen LogP) is 1.57. The fraction of sp³-hybridized carbons (Fsp3) is 0.938. The SMILES string of the molecule is CC1CCC(CCNCC(=O)N2CCN(C)CC2)CC1. The van der Waals surface area contributed by atoms with Gasteiger partial charge in [0.15, 0.2) is 0 Å². The molecule has 0 aromatic rings. The van der Waals surface area contributed by atoms with Crippen LogP contribution in [0.3, 0.4) is 0 Å². The topological polar surface area (TPSA) is 35.6 Å². The summed E-state index contributed by atoms with van der Waals surface area (Å²) in [5.74, 6) is 2.09. The summed E-state index contributed by atoms with van der Waals surface area (Å²) in [6.45, 7) is 7.67. The molecular weight excluding hydrogens is 250 g/mol. The molecule has 1 aliphatic carbocycles. The van der Waals surface area contributed by atoms with E-state index in [1.807, 2.05) is 4.90 Å².